The first-order chi connectivity index (χ1) is 11.1. The van der Waals surface area contributed by atoms with Crippen molar-refractivity contribution in [3.63, 3.8) is 0 Å². The smallest absolute Gasteiger partial charge is 0.293 e. The molecule has 8 heteroatoms. The quantitative estimate of drug-likeness (QED) is 0.539. The number of nitrogens with zero attached hydrogens (tertiary/aromatic N) is 1. The molecular weight excluding hydrogens is 353 g/mol. The van der Waals surface area contributed by atoms with Crippen LogP contribution >= 0.6 is 11.6 Å². The molecular formula is C16H9ClF5NO. The molecule has 0 aromatic heterocycles. The van der Waals surface area contributed by atoms with Crippen molar-refractivity contribution in [2.45, 2.75) is 18.1 Å². The van der Waals surface area contributed by atoms with E-state index in [1.165, 1.54) is 30.3 Å². The number of β-lactam (4-membered cyclic amide) rings is 1. The first kappa shape index (κ1) is 16.7. The monoisotopic (exact) mass is 361 g/mol. The summed E-state index contributed by atoms with van der Waals surface area (Å²) in [6.45, 7) is 0. The Morgan fingerprint density at radius 2 is 1.67 bits per heavy atom. The molecule has 1 fully saturated rings. The number of anilines is 1. The van der Waals surface area contributed by atoms with E-state index in [0.29, 0.717) is 16.0 Å². The van der Waals surface area contributed by atoms with Crippen molar-refractivity contribution in [2.75, 3.05) is 4.90 Å². The molecule has 0 spiro atoms. The van der Waals surface area contributed by atoms with E-state index in [1.807, 2.05) is 0 Å². The van der Waals surface area contributed by atoms with Gasteiger partial charge in [-0.15, -0.1) is 0 Å². The van der Waals surface area contributed by atoms with Gasteiger partial charge in [0.2, 0.25) is 0 Å². The van der Waals surface area contributed by atoms with Crippen LogP contribution in [-0.2, 0) is 11.0 Å². The van der Waals surface area contributed by atoms with Gasteiger partial charge in [0.1, 0.15) is 6.04 Å². The van der Waals surface area contributed by atoms with Crippen molar-refractivity contribution in [3.05, 3.63) is 64.7 Å². The van der Waals surface area contributed by atoms with Crippen LogP contribution in [0.25, 0.3) is 0 Å². The third-order valence-corrected chi connectivity index (χ3v) is 3.99. The number of hydrogen-bond donors (Lipinski definition) is 0. The Bertz CT molecular complexity index is 788. The summed E-state index contributed by atoms with van der Waals surface area (Å²) in [6, 6.07) is 7.44. The Morgan fingerprint density at radius 1 is 1.04 bits per heavy atom. The summed E-state index contributed by atoms with van der Waals surface area (Å²) < 4.78 is 66.4. The molecule has 1 aliphatic heterocycles. The molecule has 0 aliphatic carbocycles. The van der Waals surface area contributed by atoms with Gasteiger partial charge in [-0.2, -0.15) is 22.0 Å². The van der Waals surface area contributed by atoms with Crippen LogP contribution in [0.3, 0.4) is 0 Å². The van der Waals surface area contributed by atoms with Gasteiger partial charge < -0.3 is 0 Å². The standard InChI is InChI=1S/C16H9ClF5NO/c17-11-6-4-9(5-7-11)13-15(18,19)14(24)23(13)12-3-1-2-10(8-12)16(20,21)22/h1-8,13H. The van der Waals surface area contributed by atoms with Crippen molar-refractivity contribution in [2.24, 2.45) is 0 Å². The van der Waals surface area contributed by atoms with E-state index < -0.39 is 29.6 Å². The SMILES string of the molecule is O=C1N(c2cccc(C(F)(F)F)c2)C(c2ccc(Cl)cc2)C1(F)F. The molecule has 1 unspecified atom stereocenters. The first-order valence-electron chi connectivity index (χ1n) is 6.76. The highest BCUT2D eigenvalue weighted by molar-refractivity contribution is 6.30. The molecule has 2 nitrogen and oxygen atoms in total. The van der Waals surface area contributed by atoms with Crippen LogP contribution in [0.4, 0.5) is 27.6 Å². The molecule has 1 aliphatic rings. The van der Waals surface area contributed by atoms with E-state index in [0.717, 1.165) is 12.1 Å². The molecule has 1 atom stereocenters. The lowest BCUT2D eigenvalue weighted by Gasteiger charge is -2.46. The molecule has 1 amide bonds. The third kappa shape index (κ3) is 2.62. The van der Waals surface area contributed by atoms with Gasteiger partial charge in [0, 0.05) is 10.7 Å². The molecule has 0 radical (unpaired) electrons. The van der Waals surface area contributed by atoms with E-state index in [9.17, 15) is 26.7 Å². The summed E-state index contributed by atoms with van der Waals surface area (Å²) >= 11 is 5.71. The van der Waals surface area contributed by atoms with Crippen molar-refractivity contribution in [3.8, 4) is 0 Å². The number of carbonyl (C=O) groups excluding carboxylic acids is 1. The summed E-state index contributed by atoms with van der Waals surface area (Å²) in [4.78, 5) is 12.4. The summed E-state index contributed by atoms with van der Waals surface area (Å²) in [5, 5.41) is 0.318. The second kappa shape index (κ2) is 5.44. The lowest BCUT2D eigenvalue weighted by Crippen LogP contribution is -2.64. The Morgan fingerprint density at radius 3 is 2.25 bits per heavy atom. The van der Waals surface area contributed by atoms with Crippen LogP contribution in [0.5, 0.6) is 0 Å². The van der Waals surface area contributed by atoms with Crippen LogP contribution < -0.4 is 4.90 Å². The number of rotatable bonds is 2. The average Bonchev–Trinajstić information content (AvgIpc) is 2.52. The normalized spacial score (nSPS) is 20.0. The minimum atomic E-state index is -4.64. The van der Waals surface area contributed by atoms with Gasteiger partial charge in [-0.3, -0.25) is 9.69 Å². The number of amides is 1. The maximum Gasteiger partial charge on any atom is 0.416 e. The Kier molecular flexibility index (Phi) is 3.79. The highest BCUT2D eigenvalue weighted by Gasteiger charge is 2.64. The number of hydrogen-bond acceptors (Lipinski definition) is 1. The second-order valence-electron chi connectivity index (χ2n) is 5.30. The molecule has 2 aromatic carbocycles. The molecule has 126 valence electrons. The number of halogens is 6. The molecule has 24 heavy (non-hydrogen) atoms. The van der Waals surface area contributed by atoms with Crippen molar-refractivity contribution in [1.29, 1.82) is 0 Å². The van der Waals surface area contributed by atoms with Gasteiger partial charge >= 0.3 is 18.0 Å². The maximum atomic E-state index is 14.0. The average molecular weight is 362 g/mol. The molecule has 2 aromatic rings. The van der Waals surface area contributed by atoms with E-state index >= 15 is 0 Å². The summed E-state index contributed by atoms with van der Waals surface area (Å²) in [5.74, 6) is -5.23. The molecule has 3 rings (SSSR count). The lowest BCUT2D eigenvalue weighted by atomic mass is 9.88. The minimum absolute atomic E-state index is 0.0846. The predicted octanol–water partition coefficient (Wildman–Crippen LogP) is 5.08. The van der Waals surface area contributed by atoms with Crippen molar-refractivity contribution >= 4 is 23.2 Å². The molecule has 0 saturated carbocycles. The van der Waals surface area contributed by atoms with Crippen molar-refractivity contribution < 1.29 is 26.7 Å². The zero-order valence-electron chi connectivity index (χ0n) is 11.8. The van der Waals surface area contributed by atoms with Gasteiger partial charge in [0.25, 0.3) is 0 Å². The van der Waals surface area contributed by atoms with E-state index in [1.54, 1.807) is 0 Å². The van der Waals surface area contributed by atoms with E-state index in [2.05, 4.69) is 0 Å². The topological polar surface area (TPSA) is 20.3 Å². The van der Waals surface area contributed by atoms with Crippen LogP contribution in [0.2, 0.25) is 5.02 Å². The van der Waals surface area contributed by atoms with Crippen LogP contribution in [0.15, 0.2) is 48.5 Å². The minimum Gasteiger partial charge on any atom is -0.293 e. The molecule has 1 heterocycles. The maximum absolute atomic E-state index is 14.0. The fraction of sp³-hybridized carbons (Fsp3) is 0.188. The molecule has 0 N–H and O–H groups in total. The van der Waals surface area contributed by atoms with Gasteiger partial charge in [-0.1, -0.05) is 29.8 Å². The molecule has 0 bridgehead atoms. The van der Waals surface area contributed by atoms with Crippen LogP contribution in [-0.4, -0.2) is 11.8 Å². The van der Waals surface area contributed by atoms with Crippen LogP contribution in [0.1, 0.15) is 17.2 Å². The zero-order valence-corrected chi connectivity index (χ0v) is 12.6. The first-order valence-corrected chi connectivity index (χ1v) is 7.14. The predicted molar refractivity (Wildman–Crippen MR) is 78.1 cm³/mol. The van der Waals surface area contributed by atoms with E-state index in [4.69, 9.17) is 11.6 Å². The van der Waals surface area contributed by atoms with Crippen LogP contribution in [0, 0.1) is 0 Å². The van der Waals surface area contributed by atoms with Gasteiger partial charge in [0.15, 0.2) is 0 Å². The summed E-state index contributed by atoms with van der Waals surface area (Å²) in [7, 11) is 0. The number of carbonyl (C=O) groups is 1. The lowest BCUT2D eigenvalue weighted by molar-refractivity contribution is -0.162. The van der Waals surface area contributed by atoms with Gasteiger partial charge in [0.05, 0.1) is 5.56 Å². The Balaban J connectivity index is 2.03. The number of alkyl halides is 5. The fourth-order valence-corrected chi connectivity index (χ4v) is 2.72. The highest BCUT2D eigenvalue weighted by atomic mass is 35.5. The molecule has 1 saturated heterocycles. The Hall–Kier alpha value is -2.15. The van der Waals surface area contributed by atoms with Crippen molar-refractivity contribution in [1.82, 2.24) is 0 Å². The second-order valence-corrected chi connectivity index (χ2v) is 5.74. The van der Waals surface area contributed by atoms with Gasteiger partial charge in [-0.25, -0.2) is 0 Å². The number of benzene rings is 2. The zero-order chi connectivity index (χ0) is 17.7. The largest absolute Gasteiger partial charge is 0.416 e. The summed E-state index contributed by atoms with van der Waals surface area (Å²) in [6.07, 6.45) is -4.64. The highest BCUT2D eigenvalue weighted by Crippen LogP contribution is 2.50. The van der Waals surface area contributed by atoms with Gasteiger partial charge in [-0.05, 0) is 35.9 Å². The Labute approximate surface area is 138 Å². The van der Waals surface area contributed by atoms with E-state index in [-0.39, 0.29) is 11.3 Å². The fourth-order valence-electron chi connectivity index (χ4n) is 2.59. The summed E-state index contributed by atoms with van der Waals surface area (Å²) in [5.41, 5.74) is -1.17. The third-order valence-electron chi connectivity index (χ3n) is 3.74.